The minimum atomic E-state index is -0.269. The van der Waals surface area contributed by atoms with E-state index >= 15 is 0 Å². The van der Waals surface area contributed by atoms with Crippen LogP contribution in [-0.2, 0) is 4.74 Å². The molecule has 0 aromatic carbocycles. The zero-order chi connectivity index (χ0) is 15.0. The smallest absolute Gasteiger partial charge is 0.264 e. The highest BCUT2D eigenvalue weighted by Gasteiger charge is 2.56. The maximum absolute atomic E-state index is 12.5. The van der Waals surface area contributed by atoms with Crippen molar-refractivity contribution in [2.75, 3.05) is 19.7 Å². The molecule has 1 saturated heterocycles. The van der Waals surface area contributed by atoms with E-state index in [9.17, 15) is 9.90 Å². The first-order chi connectivity index (χ1) is 10.1. The number of likely N-dealkylation sites (tertiary alicyclic amines) is 1. The third kappa shape index (κ3) is 2.41. The number of aliphatic hydroxyl groups excluding tert-OH is 1. The fourth-order valence-corrected chi connectivity index (χ4v) is 4.57. The van der Waals surface area contributed by atoms with Crippen LogP contribution in [0.25, 0.3) is 0 Å². The van der Waals surface area contributed by atoms with Gasteiger partial charge in [-0.2, -0.15) is 0 Å². The Bertz CT molecular complexity index is 517. The van der Waals surface area contributed by atoms with Crippen molar-refractivity contribution in [1.82, 2.24) is 4.90 Å². The highest BCUT2D eigenvalue weighted by molar-refractivity contribution is 7.12. The number of aliphatic hydroxyl groups is 1. The molecule has 116 valence electrons. The van der Waals surface area contributed by atoms with Crippen LogP contribution >= 0.6 is 11.3 Å². The molecule has 0 radical (unpaired) electrons. The predicted octanol–water partition coefficient (Wildman–Crippen LogP) is 2.45. The lowest BCUT2D eigenvalue weighted by Gasteiger charge is -2.56. The van der Waals surface area contributed by atoms with Crippen molar-refractivity contribution in [2.45, 2.75) is 45.3 Å². The van der Waals surface area contributed by atoms with Crippen molar-refractivity contribution < 1.29 is 14.6 Å². The molecule has 1 saturated carbocycles. The Balaban J connectivity index is 1.65. The first kappa shape index (κ1) is 15.0. The van der Waals surface area contributed by atoms with E-state index in [4.69, 9.17) is 4.74 Å². The average Bonchev–Trinajstić information content (AvgIpc) is 2.92. The van der Waals surface area contributed by atoms with Crippen molar-refractivity contribution in [1.29, 1.82) is 0 Å². The summed E-state index contributed by atoms with van der Waals surface area (Å²) in [6.45, 7) is 6.11. The van der Waals surface area contributed by atoms with Gasteiger partial charge in [-0.1, -0.05) is 0 Å². The van der Waals surface area contributed by atoms with E-state index in [1.165, 1.54) is 11.3 Å². The quantitative estimate of drug-likeness (QED) is 0.933. The summed E-state index contributed by atoms with van der Waals surface area (Å²) in [4.78, 5) is 15.3. The number of ether oxygens (including phenoxy) is 1. The lowest BCUT2D eigenvalue weighted by molar-refractivity contribution is -0.207. The zero-order valence-electron chi connectivity index (χ0n) is 12.7. The molecule has 2 aliphatic rings. The molecule has 1 aromatic rings. The van der Waals surface area contributed by atoms with Crippen LogP contribution in [0, 0.1) is 12.3 Å². The van der Waals surface area contributed by atoms with Gasteiger partial charge in [0.15, 0.2) is 0 Å². The van der Waals surface area contributed by atoms with Crippen molar-refractivity contribution in [2.24, 2.45) is 5.41 Å². The summed E-state index contributed by atoms with van der Waals surface area (Å²) in [5.74, 6) is 0.138. The Kier molecular flexibility index (Phi) is 4.08. The Hall–Kier alpha value is -0.910. The van der Waals surface area contributed by atoms with Crippen LogP contribution in [0.5, 0.6) is 0 Å². The molecule has 3 rings (SSSR count). The largest absolute Gasteiger partial charge is 0.392 e. The van der Waals surface area contributed by atoms with E-state index in [2.05, 4.69) is 0 Å². The SMILES string of the molecule is CCO[C@H]1C[C@H](O)C12CCN(C(=O)c1sccc1C)CC2. The van der Waals surface area contributed by atoms with Gasteiger partial charge < -0.3 is 14.7 Å². The predicted molar refractivity (Wildman–Crippen MR) is 82.7 cm³/mol. The summed E-state index contributed by atoms with van der Waals surface area (Å²) < 4.78 is 5.77. The summed E-state index contributed by atoms with van der Waals surface area (Å²) in [7, 11) is 0. The van der Waals surface area contributed by atoms with Crippen LogP contribution in [0.2, 0.25) is 0 Å². The van der Waals surface area contributed by atoms with Crippen molar-refractivity contribution in [3.05, 3.63) is 21.9 Å². The van der Waals surface area contributed by atoms with Gasteiger partial charge >= 0.3 is 0 Å². The molecule has 0 unspecified atom stereocenters. The molecule has 0 bridgehead atoms. The van der Waals surface area contributed by atoms with Crippen LogP contribution < -0.4 is 0 Å². The van der Waals surface area contributed by atoms with Crippen LogP contribution in [0.1, 0.15) is 41.4 Å². The zero-order valence-corrected chi connectivity index (χ0v) is 13.5. The molecule has 1 aliphatic heterocycles. The summed E-state index contributed by atoms with van der Waals surface area (Å²) >= 11 is 1.51. The van der Waals surface area contributed by atoms with E-state index in [1.54, 1.807) is 0 Å². The van der Waals surface area contributed by atoms with Gasteiger partial charge in [0.05, 0.1) is 17.1 Å². The van der Waals surface area contributed by atoms with Crippen LogP contribution in [0.15, 0.2) is 11.4 Å². The number of hydrogen-bond donors (Lipinski definition) is 1. The molecule has 1 aromatic heterocycles. The number of piperidine rings is 1. The Morgan fingerprint density at radius 3 is 2.76 bits per heavy atom. The first-order valence-electron chi connectivity index (χ1n) is 7.71. The van der Waals surface area contributed by atoms with Gasteiger partial charge in [-0.3, -0.25) is 4.79 Å². The summed E-state index contributed by atoms with van der Waals surface area (Å²) in [6, 6.07) is 1.99. The molecule has 1 amide bonds. The summed E-state index contributed by atoms with van der Waals surface area (Å²) in [6.07, 6.45) is 2.32. The standard InChI is InChI=1S/C16H23NO3S/c1-3-20-13-10-12(18)16(13)5-7-17(8-6-16)15(19)14-11(2)4-9-21-14/h4,9,12-13,18H,3,5-8,10H2,1-2H3/t12-,13-/m0/s1. The van der Waals surface area contributed by atoms with Crippen molar-refractivity contribution in [3.63, 3.8) is 0 Å². The third-order valence-corrected chi connectivity index (χ3v) is 6.15. The van der Waals surface area contributed by atoms with E-state index < -0.39 is 0 Å². The highest BCUT2D eigenvalue weighted by atomic mass is 32.1. The molecular formula is C16H23NO3S. The maximum Gasteiger partial charge on any atom is 0.264 e. The van der Waals surface area contributed by atoms with Crippen LogP contribution in [-0.4, -0.2) is 47.8 Å². The van der Waals surface area contributed by atoms with E-state index in [0.717, 1.165) is 42.8 Å². The van der Waals surface area contributed by atoms with Gasteiger partial charge in [0, 0.05) is 31.5 Å². The van der Waals surface area contributed by atoms with Gasteiger partial charge in [0.25, 0.3) is 5.91 Å². The number of carbonyl (C=O) groups is 1. The van der Waals surface area contributed by atoms with E-state index in [0.29, 0.717) is 6.61 Å². The maximum atomic E-state index is 12.5. The fraction of sp³-hybridized carbons (Fsp3) is 0.688. The van der Waals surface area contributed by atoms with Gasteiger partial charge in [0.1, 0.15) is 0 Å². The monoisotopic (exact) mass is 309 g/mol. The lowest BCUT2D eigenvalue weighted by atomic mass is 9.58. The first-order valence-corrected chi connectivity index (χ1v) is 8.59. The molecule has 2 fully saturated rings. The summed E-state index contributed by atoms with van der Waals surface area (Å²) in [5.41, 5.74) is 0.943. The van der Waals surface area contributed by atoms with Crippen LogP contribution in [0.4, 0.5) is 0 Å². The van der Waals surface area contributed by atoms with Gasteiger partial charge in [-0.05, 0) is 43.7 Å². The third-order valence-electron chi connectivity index (χ3n) is 5.15. The van der Waals surface area contributed by atoms with Gasteiger partial charge in [-0.15, -0.1) is 11.3 Å². The molecule has 1 spiro atoms. The minimum Gasteiger partial charge on any atom is -0.392 e. The van der Waals surface area contributed by atoms with Crippen LogP contribution in [0.3, 0.4) is 0 Å². The molecule has 2 heterocycles. The topological polar surface area (TPSA) is 49.8 Å². The molecule has 2 atom stereocenters. The van der Waals surface area contributed by atoms with E-state index in [1.807, 2.05) is 30.2 Å². The Morgan fingerprint density at radius 1 is 1.52 bits per heavy atom. The molecule has 1 N–H and O–H groups in total. The number of carbonyl (C=O) groups excluding carboxylic acids is 1. The number of aryl methyl sites for hydroxylation is 1. The number of nitrogens with zero attached hydrogens (tertiary/aromatic N) is 1. The van der Waals surface area contributed by atoms with Crippen molar-refractivity contribution >= 4 is 17.2 Å². The minimum absolute atomic E-state index is 0.114. The lowest BCUT2D eigenvalue weighted by Crippen LogP contribution is -2.62. The van der Waals surface area contributed by atoms with Gasteiger partial charge in [0.2, 0.25) is 0 Å². The second-order valence-corrected chi connectivity index (χ2v) is 7.07. The number of amides is 1. The number of hydrogen-bond acceptors (Lipinski definition) is 4. The average molecular weight is 309 g/mol. The fourth-order valence-electron chi connectivity index (χ4n) is 3.68. The molecule has 5 heteroatoms. The van der Waals surface area contributed by atoms with Crippen molar-refractivity contribution in [3.8, 4) is 0 Å². The molecule has 1 aliphatic carbocycles. The Morgan fingerprint density at radius 2 is 2.24 bits per heavy atom. The second kappa shape index (κ2) is 5.71. The molecule has 4 nitrogen and oxygen atoms in total. The molecular weight excluding hydrogens is 286 g/mol. The van der Waals surface area contributed by atoms with Gasteiger partial charge in [-0.25, -0.2) is 0 Å². The highest BCUT2D eigenvalue weighted by Crippen LogP contribution is 2.51. The molecule has 21 heavy (non-hydrogen) atoms. The number of rotatable bonds is 3. The Labute approximate surface area is 129 Å². The summed E-state index contributed by atoms with van der Waals surface area (Å²) in [5, 5.41) is 12.2. The number of thiophene rings is 1. The second-order valence-electron chi connectivity index (χ2n) is 6.15. The normalized spacial score (nSPS) is 27.7. The van der Waals surface area contributed by atoms with E-state index in [-0.39, 0.29) is 23.5 Å².